The summed E-state index contributed by atoms with van der Waals surface area (Å²) in [5, 5.41) is 15.2. The van der Waals surface area contributed by atoms with Gasteiger partial charge in [0.15, 0.2) is 0 Å². The van der Waals surface area contributed by atoms with E-state index in [-0.39, 0.29) is 24.0 Å². The first kappa shape index (κ1) is 25.1. The predicted molar refractivity (Wildman–Crippen MR) is 126 cm³/mol. The van der Waals surface area contributed by atoms with Gasteiger partial charge in [0.05, 0.1) is 17.0 Å². The number of carbonyl (C=O) groups excluding carboxylic acids is 2. The number of benzene rings is 1. The Morgan fingerprint density at radius 2 is 1.82 bits per heavy atom. The lowest BCUT2D eigenvalue weighted by molar-refractivity contribution is -0.252. The molecule has 1 aromatic heterocycles. The second-order valence-corrected chi connectivity index (χ2v) is 9.93. The van der Waals surface area contributed by atoms with Crippen LogP contribution < -0.4 is 11.1 Å². The molecule has 1 amide bonds. The van der Waals surface area contributed by atoms with E-state index in [9.17, 15) is 14.8 Å². The summed E-state index contributed by atoms with van der Waals surface area (Å²) in [7, 11) is 0. The SMILES string of the molecule is CC.CC1(C)CC(C(=O)OC2CCNC2c2nc3c(C(N)=O)cccc3[nH]2)CC(C)(C)N1O. The summed E-state index contributed by atoms with van der Waals surface area (Å²) in [5.41, 5.74) is 6.00. The first-order valence-electron chi connectivity index (χ1n) is 11.7. The Hall–Kier alpha value is -2.49. The maximum Gasteiger partial charge on any atom is 0.309 e. The van der Waals surface area contributed by atoms with Gasteiger partial charge in [-0.25, -0.2) is 4.98 Å². The van der Waals surface area contributed by atoms with E-state index in [0.717, 1.165) is 0 Å². The molecule has 3 heterocycles. The van der Waals surface area contributed by atoms with Crippen molar-refractivity contribution in [1.29, 1.82) is 0 Å². The molecule has 2 atom stereocenters. The van der Waals surface area contributed by atoms with Crippen LogP contribution in [0, 0.1) is 5.92 Å². The van der Waals surface area contributed by atoms with E-state index in [1.807, 2.05) is 47.6 Å². The van der Waals surface area contributed by atoms with Crippen LogP contribution in [0.15, 0.2) is 18.2 Å². The van der Waals surface area contributed by atoms with E-state index in [4.69, 9.17) is 10.5 Å². The molecule has 2 aromatic rings. The van der Waals surface area contributed by atoms with Gasteiger partial charge in [-0.3, -0.25) is 9.59 Å². The van der Waals surface area contributed by atoms with Crippen molar-refractivity contribution in [3.05, 3.63) is 29.6 Å². The second kappa shape index (κ2) is 9.40. The molecule has 9 nitrogen and oxygen atoms in total. The molecule has 0 bridgehead atoms. The minimum absolute atomic E-state index is 0.248. The van der Waals surface area contributed by atoms with Crippen molar-refractivity contribution in [2.45, 2.75) is 84.0 Å². The maximum atomic E-state index is 13.1. The van der Waals surface area contributed by atoms with Crippen molar-refractivity contribution >= 4 is 22.9 Å². The molecule has 33 heavy (non-hydrogen) atoms. The number of hydrogen-bond acceptors (Lipinski definition) is 7. The number of rotatable bonds is 4. The number of imidazole rings is 1. The monoisotopic (exact) mass is 459 g/mol. The Labute approximate surface area is 195 Å². The minimum Gasteiger partial charge on any atom is -0.460 e. The summed E-state index contributed by atoms with van der Waals surface area (Å²) in [6.07, 6.45) is 1.33. The van der Waals surface area contributed by atoms with Crippen LogP contribution in [0.1, 0.15) is 83.0 Å². The summed E-state index contributed by atoms with van der Waals surface area (Å²) in [6, 6.07) is 4.93. The molecule has 182 valence electrons. The van der Waals surface area contributed by atoms with Crippen LogP contribution >= 0.6 is 0 Å². The molecule has 0 spiro atoms. The number of fused-ring (bicyclic) bond motifs is 1. The molecule has 0 saturated carbocycles. The first-order chi connectivity index (χ1) is 15.5. The molecule has 1 aromatic carbocycles. The molecular formula is C24H37N5O4. The number of aromatic amines is 1. The van der Waals surface area contributed by atoms with Gasteiger partial charge >= 0.3 is 5.97 Å². The quantitative estimate of drug-likeness (QED) is 0.516. The van der Waals surface area contributed by atoms with E-state index in [0.29, 0.717) is 48.2 Å². The van der Waals surface area contributed by atoms with Crippen LogP contribution in [-0.4, -0.2) is 55.8 Å². The molecule has 2 fully saturated rings. The Morgan fingerprint density at radius 3 is 2.42 bits per heavy atom. The number of hydrogen-bond donors (Lipinski definition) is 4. The number of hydroxylamine groups is 2. The van der Waals surface area contributed by atoms with Gasteiger partial charge in [0, 0.05) is 11.1 Å². The molecule has 0 radical (unpaired) electrons. The maximum absolute atomic E-state index is 13.1. The number of nitrogens with zero attached hydrogens (tertiary/aromatic N) is 2. The molecule has 9 heteroatoms. The number of primary amides is 1. The highest BCUT2D eigenvalue weighted by Gasteiger charge is 2.48. The number of carbonyl (C=O) groups is 2. The van der Waals surface area contributed by atoms with Gasteiger partial charge in [0.1, 0.15) is 23.5 Å². The molecule has 2 unspecified atom stereocenters. The van der Waals surface area contributed by atoms with Crippen LogP contribution in [0.4, 0.5) is 0 Å². The van der Waals surface area contributed by atoms with Crippen molar-refractivity contribution in [2.75, 3.05) is 6.54 Å². The van der Waals surface area contributed by atoms with Crippen molar-refractivity contribution in [2.24, 2.45) is 11.7 Å². The minimum atomic E-state index is -0.536. The summed E-state index contributed by atoms with van der Waals surface area (Å²) in [4.78, 5) is 32.6. The number of nitrogens with two attached hydrogens (primary N) is 1. The van der Waals surface area contributed by atoms with Crippen molar-refractivity contribution in [3.63, 3.8) is 0 Å². The summed E-state index contributed by atoms with van der Waals surface area (Å²) < 4.78 is 5.96. The average Bonchev–Trinajstić information content (AvgIpc) is 3.38. The van der Waals surface area contributed by atoms with Gasteiger partial charge in [0.25, 0.3) is 5.91 Å². The highest BCUT2D eigenvalue weighted by Crippen LogP contribution is 2.41. The fraction of sp³-hybridized carbons (Fsp3) is 0.625. The Morgan fingerprint density at radius 1 is 1.18 bits per heavy atom. The van der Waals surface area contributed by atoms with E-state index in [2.05, 4.69) is 15.3 Å². The topological polar surface area (TPSA) is 134 Å². The fourth-order valence-corrected chi connectivity index (χ4v) is 5.16. The number of ether oxygens (including phenoxy) is 1. The van der Waals surface area contributed by atoms with Gasteiger partial charge < -0.3 is 26.0 Å². The number of H-pyrrole nitrogens is 1. The molecule has 5 N–H and O–H groups in total. The van der Waals surface area contributed by atoms with Crippen molar-refractivity contribution in [1.82, 2.24) is 20.3 Å². The Balaban J connectivity index is 0.00000149. The fourth-order valence-electron chi connectivity index (χ4n) is 5.16. The van der Waals surface area contributed by atoms with Gasteiger partial charge in [-0.2, -0.15) is 5.06 Å². The predicted octanol–water partition coefficient (Wildman–Crippen LogP) is 3.29. The highest BCUT2D eigenvalue weighted by molar-refractivity contribution is 6.04. The third-order valence-electron chi connectivity index (χ3n) is 6.50. The molecule has 0 aliphatic carbocycles. The first-order valence-corrected chi connectivity index (χ1v) is 11.7. The van der Waals surface area contributed by atoms with E-state index in [1.165, 1.54) is 5.06 Å². The Kier molecular flexibility index (Phi) is 7.16. The lowest BCUT2D eigenvalue weighted by Gasteiger charge is -2.50. The molecule has 2 aliphatic rings. The van der Waals surface area contributed by atoms with Crippen LogP contribution in [0.5, 0.6) is 0 Å². The number of piperidine rings is 1. The van der Waals surface area contributed by atoms with E-state index >= 15 is 0 Å². The normalized spacial score (nSPS) is 24.8. The molecule has 2 aliphatic heterocycles. The van der Waals surface area contributed by atoms with Gasteiger partial charge in [0.2, 0.25) is 0 Å². The lowest BCUT2D eigenvalue weighted by Crippen LogP contribution is -2.60. The number of para-hydroxylation sites is 1. The zero-order valence-corrected chi connectivity index (χ0v) is 20.4. The zero-order valence-electron chi connectivity index (χ0n) is 20.4. The Bertz CT molecular complexity index is 997. The average molecular weight is 460 g/mol. The van der Waals surface area contributed by atoms with Crippen LogP contribution in [0.3, 0.4) is 0 Å². The molecular weight excluding hydrogens is 422 g/mol. The van der Waals surface area contributed by atoms with Crippen LogP contribution in [-0.2, 0) is 9.53 Å². The number of aromatic nitrogens is 2. The zero-order chi connectivity index (χ0) is 24.6. The largest absolute Gasteiger partial charge is 0.460 e. The van der Waals surface area contributed by atoms with Gasteiger partial charge in [-0.1, -0.05) is 19.9 Å². The lowest BCUT2D eigenvalue weighted by atomic mass is 9.75. The standard InChI is InChI=1S/C22H31N5O4.C2H6/c1-21(2)10-12(11-22(3,4)27(21)30)20(29)31-15-8-9-24-17(15)19-25-14-7-5-6-13(18(23)28)16(14)26-19;1-2/h5-7,12,15,17,24,30H,8-11H2,1-4H3,(H2,23,28)(H,25,26);1-2H3. The highest BCUT2D eigenvalue weighted by atomic mass is 16.5. The van der Waals surface area contributed by atoms with E-state index < -0.39 is 17.0 Å². The number of nitrogens with one attached hydrogen (secondary N) is 2. The smallest absolute Gasteiger partial charge is 0.309 e. The summed E-state index contributed by atoms with van der Waals surface area (Å²) >= 11 is 0. The van der Waals surface area contributed by atoms with Crippen molar-refractivity contribution in [3.8, 4) is 0 Å². The number of esters is 1. The summed E-state index contributed by atoms with van der Waals surface area (Å²) in [6.45, 7) is 12.4. The van der Waals surface area contributed by atoms with Crippen LogP contribution in [0.25, 0.3) is 11.0 Å². The second-order valence-electron chi connectivity index (χ2n) is 9.93. The number of amides is 1. The summed E-state index contributed by atoms with van der Waals surface area (Å²) in [5.74, 6) is -0.468. The van der Waals surface area contributed by atoms with Gasteiger partial charge in [-0.15, -0.1) is 0 Å². The third-order valence-corrected chi connectivity index (χ3v) is 6.50. The third kappa shape index (κ3) is 4.90. The van der Waals surface area contributed by atoms with Gasteiger partial charge in [-0.05, 0) is 65.6 Å². The van der Waals surface area contributed by atoms with Crippen LogP contribution in [0.2, 0.25) is 0 Å². The molecule has 4 rings (SSSR count). The van der Waals surface area contributed by atoms with E-state index in [1.54, 1.807) is 12.1 Å². The molecule has 2 saturated heterocycles. The van der Waals surface area contributed by atoms with Crippen molar-refractivity contribution < 1.29 is 19.5 Å².